The molecule has 276 valence electrons. The van der Waals surface area contributed by atoms with E-state index in [4.69, 9.17) is 15.0 Å². The van der Waals surface area contributed by atoms with E-state index in [1.807, 2.05) is 47.7 Å². The SMILES string of the molecule is c1ccc(-c2cccc(-c3cccc4nc(-c5cccc(-c6cccc(-c7nc(-c8ccccc8)cc(-c8ccccc8)n7)c6)c5)c5sc6ccccc6c5c34)c2)cc1. The Morgan fingerprint density at radius 2 is 0.814 bits per heavy atom. The maximum Gasteiger partial charge on any atom is 0.160 e. The van der Waals surface area contributed by atoms with E-state index in [9.17, 15) is 0 Å². The quantitative estimate of drug-likeness (QED) is 0.162. The number of fused-ring (bicyclic) bond motifs is 5. The van der Waals surface area contributed by atoms with Crippen LogP contribution in [0.15, 0.2) is 212 Å². The van der Waals surface area contributed by atoms with Gasteiger partial charge in [0.15, 0.2) is 5.82 Å². The molecule has 11 rings (SSSR count). The van der Waals surface area contributed by atoms with E-state index in [2.05, 4.69) is 176 Å². The zero-order valence-corrected chi connectivity index (χ0v) is 32.8. The van der Waals surface area contributed by atoms with Crippen molar-refractivity contribution in [2.75, 3.05) is 0 Å². The molecular weight excluding hydrogens is 735 g/mol. The van der Waals surface area contributed by atoms with Gasteiger partial charge in [0.25, 0.3) is 0 Å². The summed E-state index contributed by atoms with van der Waals surface area (Å²) in [7, 11) is 0. The minimum atomic E-state index is 0.691. The maximum absolute atomic E-state index is 5.50. The summed E-state index contributed by atoms with van der Waals surface area (Å²) in [6.45, 7) is 0. The second-order valence-electron chi connectivity index (χ2n) is 14.8. The van der Waals surface area contributed by atoms with Crippen LogP contribution < -0.4 is 0 Å². The largest absolute Gasteiger partial charge is 0.246 e. The second kappa shape index (κ2) is 14.8. The van der Waals surface area contributed by atoms with Crippen LogP contribution in [0.4, 0.5) is 0 Å². The van der Waals surface area contributed by atoms with E-state index in [-0.39, 0.29) is 0 Å². The Balaban J connectivity index is 1.04. The number of hydrogen-bond acceptors (Lipinski definition) is 4. The monoisotopic (exact) mass is 769 g/mol. The number of hydrogen-bond donors (Lipinski definition) is 0. The lowest BCUT2D eigenvalue weighted by Crippen LogP contribution is -1.96. The molecule has 3 heterocycles. The van der Waals surface area contributed by atoms with E-state index in [0.29, 0.717) is 5.82 Å². The molecule has 0 unspecified atom stereocenters. The molecule has 0 fully saturated rings. The average Bonchev–Trinajstić information content (AvgIpc) is 3.72. The molecule has 59 heavy (non-hydrogen) atoms. The third-order valence-corrected chi connectivity index (χ3v) is 12.2. The van der Waals surface area contributed by atoms with Crippen molar-refractivity contribution in [3.05, 3.63) is 212 Å². The zero-order chi connectivity index (χ0) is 39.1. The molecule has 3 nitrogen and oxygen atoms in total. The molecule has 0 amide bonds. The fourth-order valence-electron chi connectivity index (χ4n) is 8.23. The van der Waals surface area contributed by atoms with Crippen LogP contribution in [0.1, 0.15) is 0 Å². The molecule has 0 aliphatic carbocycles. The van der Waals surface area contributed by atoms with Crippen molar-refractivity contribution in [2.24, 2.45) is 0 Å². The summed E-state index contributed by atoms with van der Waals surface area (Å²) in [5.41, 5.74) is 14.9. The molecule has 0 bridgehead atoms. The van der Waals surface area contributed by atoms with Crippen LogP contribution in [0, 0.1) is 0 Å². The number of rotatable bonds is 7. The van der Waals surface area contributed by atoms with Crippen molar-refractivity contribution in [1.29, 1.82) is 0 Å². The highest BCUT2D eigenvalue weighted by Gasteiger charge is 2.20. The Bertz CT molecular complexity index is 3260. The van der Waals surface area contributed by atoms with Crippen molar-refractivity contribution in [1.82, 2.24) is 15.0 Å². The second-order valence-corrected chi connectivity index (χ2v) is 15.8. The van der Waals surface area contributed by atoms with Gasteiger partial charge in [0.05, 0.1) is 27.3 Å². The minimum absolute atomic E-state index is 0.691. The average molecular weight is 770 g/mol. The van der Waals surface area contributed by atoms with Crippen LogP contribution in [0.2, 0.25) is 0 Å². The van der Waals surface area contributed by atoms with Gasteiger partial charge in [-0.3, -0.25) is 0 Å². The minimum Gasteiger partial charge on any atom is -0.246 e. The molecule has 11 aromatic rings. The molecule has 0 saturated heterocycles. The van der Waals surface area contributed by atoms with Gasteiger partial charge in [0, 0.05) is 43.1 Å². The van der Waals surface area contributed by atoms with Crippen molar-refractivity contribution >= 4 is 42.4 Å². The van der Waals surface area contributed by atoms with E-state index in [0.717, 1.165) is 56.0 Å². The molecule has 0 aliphatic heterocycles. The van der Waals surface area contributed by atoms with Gasteiger partial charge >= 0.3 is 0 Å². The van der Waals surface area contributed by atoms with Gasteiger partial charge < -0.3 is 0 Å². The van der Waals surface area contributed by atoms with Crippen molar-refractivity contribution < 1.29 is 0 Å². The van der Waals surface area contributed by atoms with Crippen LogP contribution in [0.3, 0.4) is 0 Å². The van der Waals surface area contributed by atoms with Crippen LogP contribution in [-0.4, -0.2) is 15.0 Å². The van der Waals surface area contributed by atoms with Gasteiger partial charge in [-0.2, -0.15) is 0 Å². The van der Waals surface area contributed by atoms with Gasteiger partial charge in [0.1, 0.15) is 0 Å². The number of nitrogens with zero attached hydrogens (tertiary/aromatic N) is 3. The Morgan fingerprint density at radius 3 is 1.49 bits per heavy atom. The van der Waals surface area contributed by atoms with Gasteiger partial charge in [0.2, 0.25) is 0 Å². The molecule has 0 saturated carbocycles. The molecule has 0 radical (unpaired) electrons. The fourth-order valence-corrected chi connectivity index (χ4v) is 9.46. The lowest BCUT2D eigenvalue weighted by molar-refractivity contribution is 1.18. The molecule has 0 spiro atoms. The third-order valence-electron chi connectivity index (χ3n) is 11.1. The first-order valence-corrected chi connectivity index (χ1v) is 20.7. The summed E-state index contributed by atoms with van der Waals surface area (Å²) in [5, 5.41) is 3.69. The maximum atomic E-state index is 5.50. The van der Waals surface area contributed by atoms with E-state index in [1.165, 1.54) is 47.8 Å². The smallest absolute Gasteiger partial charge is 0.160 e. The molecule has 8 aromatic carbocycles. The highest BCUT2D eigenvalue weighted by atomic mass is 32.1. The van der Waals surface area contributed by atoms with Gasteiger partial charge in [-0.15, -0.1) is 11.3 Å². The summed E-state index contributed by atoms with van der Waals surface area (Å²) in [5.74, 6) is 0.691. The van der Waals surface area contributed by atoms with Gasteiger partial charge in [-0.05, 0) is 69.8 Å². The van der Waals surface area contributed by atoms with E-state index < -0.39 is 0 Å². The van der Waals surface area contributed by atoms with Gasteiger partial charge in [-0.1, -0.05) is 176 Å². The highest BCUT2D eigenvalue weighted by molar-refractivity contribution is 7.26. The lowest BCUT2D eigenvalue weighted by atomic mass is 9.93. The summed E-state index contributed by atoms with van der Waals surface area (Å²) < 4.78 is 2.44. The highest BCUT2D eigenvalue weighted by Crippen LogP contribution is 2.46. The molecule has 4 heteroatoms. The summed E-state index contributed by atoms with van der Waals surface area (Å²) in [6, 6.07) is 74.9. The molecule has 3 aromatic heterocycles. The first-order valence-electron chi connectivity index (χ1n) is 19.8. The summed E-state index contributed by atoms with van der Waals surface area (Å²) in [6.07, 6.45) is 0. The molecule has 0 atom stereocenters. The Labute approximate surface area is 346 Å². The van der Waals surface area contributed by atoms with Crippen molar-refractivity contribution in [3.8, 4) is 78.5 Å². The van der Waals surface area contributed by atoms with Gasteiger partial charge in [-0.25, -0.2) is 15.0 Å². The number of thiophene rings is 1. The van der Waals surface area contributed by atoms with Crippen LogP contribution >= 0.6 is 11.3 Å². The van der Waals surface area contributed by atoms with Crippen LogP contribution in [0.25, 0.3) is 110 Å². The normalized spacial score (nSPS) is 11.4. The number of aromatic nitrogens is 3. The fraction of sp³-hybridized carbons (Fsp3) is 0. The van der Waals surface area contributed by atoms with E-state index in [1.54, 1.807) is 0 Å². The first kappa shape index (κ1) is 34.7. The summed E-state index contributed by atoms with van der Waals surface area (Å²) in [4.78, 5) is 15.7. The Hall–Kier alpha value is -7.53. The summed E-state index contributed by atoms with van der Waals surface area (Å²) >= 11 is 1.82. The van der Waals surface area contributed by atoms with E-state index >= 15 is 0 Å². The first-order chi connectivity index (χ1) is 29.2. The van der Waals surface area contributed by atoms with Crippen LogP contribution in [-0.2, 0) is 0 Å². The number of benzene rings is 8. The molecule has 0 N–H and O–H groups in total. The Morgan fingerprint density at radius 1 is 0.322 bits per heavy atom. The Kier molecular flexibility index (Phi) is 8.68. The standard InChI is InChI=1S/C55H35N3S/c1-4-16-36(17-5-1)39-22-12-25-42(32-39)45-29-15-30-47-51(45)52-46-28-10-11-31-50(46)59-54(52)53(56-47)43-26-13-23-40(33-43)41-24-14-27-44(34-41)55-57-48(37-18-6-2-7-19-37)35-49(58-55)38-20-8-3-9-21-38/h1-35H. The molecule has 0 aliphatic rings. The molecular formula is C55H35N3S. The third kappa shape index (κ3) is 6.46. The lowest BCUT2D eigenvalue weighted by Gasteiger charge is -2.13. The van der Waals surface area contributed by atoms with Crippen molar-refractivity contribution in [2.45, 2.75) is 0 Å². The number of pyridine rings is 1. The topological polar surface area (TPSA) is 38.7 Å². The predicted octanol–water partition coefficient (Wildman–Crippen LogP) is 15.1. The zero-order valence-electron chi connectivity index (χ0n) is 32.0. The van der Waals surface area contributed by atoms with Crippen molar-refractivity contribution in [3.63, 3.8) is 0 Å². The predicted molar refractivity (Wildman–Crippen MR) is 248 cm³/mol. The van der Waals surface area contributed by atoms with Crippen LogP contribution in [0.5, 0.6) is 0 Å².